The van der Waals surface area contributed by atoms with E-state index in [0.717, 1.165) is 18.2 Å². The van der Waals surface area contributed by atoms with Gasteiger partial charge in [0.1, 0.15) is 0 Å². The lowest BCUT2D eigenvalue weighted by Crippen LogP contribution is -2.09. The van der Waals surface area contributed by atoms with Crippen molar-refractivity contribution in [1.29, 1.82) is 0 Å². The molecule has 0 spiro atoms. The van der Waals surface area contributed by atoms with E-state index >= 15 is 0 Å². The van der Waals surface area contributed by atoms with Crippen LogP contribution in [0, 0.1) is 0 Å². The van der Waals surface area contributed by atoms with Crippen LogP contribution >= 0.6 is 0 Å². The largest absolute Gasteiger partial charge is 0.416 e. The lowest BCUT2D eigenvalue weighted by atomic mass is 10.2. The summed E-state index contributed by atoms with van der Waals surface area (Å²) >= 11 is 0. The summed E-state index contributed by atoms with van der Waals surface area (Å²) in [5.41, 5.74) is -0.775. The number of hydrogen-bond acceptors (Lipinski definition) is 0. The molecule has 0 unspecified atom stereocenters. The first-order chi connectivity index (χ1) is 5.52. The van der Waals surface area contributed by atoms with E-state index in [1.807, 2.05) is 0 Å². The van der Waals surface area contributed by atoms with Gasteiger partial charge in [-0.3, -0.25) is 0 Å². The fraction of sp³-hybridized carbons (Fsp3) is 0.111. The molecule has 0 fully saturated rings. The van der Waals surface area contributed by atoms with Crippen molar-refractivity contribution in [2.45, 2.75) is 6.18 Å². The van der Waals surface area contributed by atoms with Gasteiger partial charge in [-0.1, -0.05) is 31.4 Å². The van der Waals surface area contributed by atoms with Crippen LogP contribution < -0.4 is 0 Å². The van der Waals surface area contributed by atoms with E-state index in [0.29, 0.717) is 0 Å². The van der Waals surface area contributed by atoms with Gasteiger partial charge in [0, 0.05) is 0 Å². The van der Waals surface area contributed by atoms with Gasteiger partial charge in [0.05, 0.1) is 5.57 Å². The summed E-state index contributed by atoms with van der Waals surface area (Å²) in [5.74, 6) is 0. The van der Waals surface area contributed by atoms with E-state index in [9.17, 15) is 13.2 Å². The molecule has 3 heteroatoms. The summed E-state index contributed by atoms with van der Waals surface area (Å²) in [4.78, 5) is 0. The lowest BCUT2D eigenvalue weighted by molar-refractivity contribution is -0.0881. The highest BCUT2D eigenvalue weighted by Crippen LogP contribution is 2.25. The first-order valence-corrected chi connectivity index (χ1v) is 3.04. The fourth-order valence-corrected chi connectivity index (χ4v) is 0.405. The molecule has 0 saturated heterocycles. The third kappa shape index (κ3) is 5.53. The Morgan fingerprint density at radius 2 is 1.50 bits per heavy atom. The van der Waals surface area contributed by atoms with Gasteiger partial charge in [0.25, 0.3) is 0 Å². The van der Waals surface area contributed by atoms with Crippen molar-refractivity contribution in [2.24, 2.45) is 0 Å². The summed E-state index contributed by atoms with van der Waals surface area (Å²) in [6.07, 6.45) is -1.62. The highest BCUT2D eigenvalue weighted by molar-refractivity contribution is 5.25. The Kier molecular flexibility index (Phi) is 7.18. The van der Waals surface area contributed by atoms with E-state index in [2.05, 4.69) is 26.3 Å². The Hall–Kier alpha value is -1.25. The van der Waals surface area contributed by atoms with Crippen LogP contribution in [0.5, 0.6) is 0 Å². The molecule has 0 N–H and O–H groups in total. The van der Waals surface area contributed by atoms with E-state index in [4.69, 9.17) is 0 Å². The summed E-state index contributed by atoms with van der Waals surface area (Å²) in [7, 11) is 0. The van der Waals surface area contributed by atoms with E-state index in [1.54, 1.807) is 0 Å². The van der Waals surface area contributed by atoms with E-state index in [1.165, 1.54) is 0 Å². The van der Waals surface area contributed by atoms with Crippen LogP contribution in [-0.4, -0.2) is 6.18 Å². The minimum absolute atomic E-state index is 0.752. The van der Waals surface area contributed by atoms with Crippen molar-refractivity contribution in [1.82, 2.24) is 0 Å². The Bertz CT molecular complexity index is 175. The van der Waals surface area contributed by atoms with Gasteiger partial charge in [0.2, 0.25) is 0 Å². The maximum atomic E-state index is 11.7. The Labute approximate surface area is 70.4 Å². The standard InChI is InChI=1S/C7H7F3.C2H4/c1-3-5-6(4-2)7(8,9)10;1-2/h3-5H,1-2H2;1-2H2/b6-5+;. The SMILES string of the molecule is C=C.C=C/C=C(\C=C)C(F)(F)F. The average Bonchev–Trinajstić information content (AvgIpc) is 2.02. The molecule has 0 amide bonds. The third-order valence-electron chi connectivity index (χ3n) is 0.845. The van der Waals surface area contributed by atoms with Gasteiger partial charge in [-0.25, -0.2) is 0 Å². The second-order valence-corrected chi connectivity index (χ2v) is 1.56. The molecule has 12 heavy (non-hydrogen) atoms. The molecule has 0 aliphatic rings. The van der Waals surface area contributed by atoms with Crippen LogP contribution in [-0.2, 0) is 0 Å². The molecule has 0 heterocycles. The number of hydrogen-bond donors (Lipinski definition) is 0. The molecule has 0 bridgehead atoms. The first-order valence-electron chi connectivity index (χ1n) is 3.04. The first kappa shape index (κ1) is 13.3. The smallest absolute Gasteiger partial charge is 0.166 e. The molecule has 0 saturated carbocycles. The van der Waals surface area contributed by atoms with Crippen molar-refractivity contribution >= 4 is 0 Å². The van der Waals surface area contributed by atoms with Crippen molar-refractivity contribution in [3.8, 4) is 0 Å². The van der Waals surface area contributed by atoms with Crippen LogP contribution in [0.3, 0.4) is 0 Å². The Morgan fingerprint density at radius 1 is 1.08 bits per heavy atom. The van der Waals surface area contributed by atoms with Gasteiger partial charge in [-0.05, 0) is 0 Å². The quantitative estimate of drug-likeness (QED) is 0.445. The Balaban J connectivity index is 0. The summed E-state index contributed by atoms with van der Waals surface area (Å²) < 4.78 is 35.2. The number of allylic oxidation sites excluding steroid dienone is 4. The van der Waals surface area contributed by atoms with Gasteiger partial charge in [-0.15, -0.1) is 13.2 Å². The zero-order valence-electron chi connectivity index (χ0n) is 6.69. The molecular formula is C9H11F3. The van der Waals surface area contributed by atoms with Crippen LogP contribution in [0.4, 0.5) is 13.2 Å². The molecule has 0 aromatic rings. The van der Waals surface area contributed by atoms with Crippen LogP contribution in [0.1, 0.15) is 0 Å². The second kappa shape index (κ2) is 6.46. The van der Waals surface area contributed by atoms with Crippen LogP contribution in [0.25, 0.3) is 0 Å². The zero-order valence-corrected chi connectivity index (χ0v) is 6.69. The molecular weight excluding hydrogens is 165 g/mol. The zero-order chi connectivity index (χ0) is 10.2. The Morgan fingerprint density at radius 3 is 1.58 bits per heavy atom. The molecule has 0 atom stereocenters. The minimum atomic E-state index is -4.31. The normalized spacial score (nSPS) is 11.1. The van der Waals surface area contributed by atoms with Gasteiger partial charge >= 0.3 is 6.18 Å². The van der Waals surface area contributed by atoms with Gasteiger partial charge < -0.3 is 0 Å². The van der Waals surface area contributed by atoms with Crippen molar-refractivity contribution < 1.29 is 13.2 Å². The second-order valence-electron chi connectivity index (χ2n) is 1.56. The number of rotatable bonds is 2. The molecule has 0 aliphatic carbocycles. The molecule has 0 rings (SSSR count). The number of alkyl halides is 3. The molecule has 0 aromatic carbocycles. The average molecular weight is 176 g/mol. The number of halogens is 3. The molecule has 0 radical (unpaired) electrons. The van der Waals surface area contributed by atoms with Crippen LogP contribution in [0.15, 0.2) is 50.1 Å². The topological polar surface area (TPSA) is 0 Å². The molecule has 0 aliphatic heterocycles. The van der Waals surface area contributed by atoms with Gasteiger partial charge in [0.15, 0.2) is 0 Å². The predicted molar refractivity (Wildman–Crippen MR) is 45.8 cm³/mol. The van der Waals surface area contributed by atoms with E-state index in [-0.39, 0.29) is 0 Å². The van der Waals surface area contributed by atoms with Gasteiger partial charge in [-0.2, -0.15) is 13.2 Å². The minimum Gasteiger partial charge on any atom is -0.166 e. The molecule has 0 aromatic heterocycles. The summed E-state index contributed by atoms with van der Waals surface area (Å²) in [6, 6.07) is 0. The predicted octanol–water partition coefficient (Wildman–Crippen LogP) is 3.65. The fourth-order valence-electron chi connectivity index (χ4n) is 0.405. The highest BCUT2D eigenvalue weighted by Gasteiger charge is 2.30. The summed E-state index contributed by atoms with van der Waals surface area (Å²) in [6.45, 7) is 12.1. The van der Waals surface area contributed by atoms with Crippen molar-refractivity contribution in [2.75, 3.05) is 0 Å². The van der Waals surface area contributed by atoms with Crippen molar-refractivity contribution in [3.05, 3.63) is 50.1 Å². The molecule has 68 valence electrons. The molecule has 0 nitrogen and oxygen atoms in total. The highest BCUT2D eigenvalue weighted by atomic mass is 19.4. The van der Waals surface area contributed by atoms with Crippen molar-refractivity contribution in [3.63, 3.8) is 0 Å². The van der Waals surface area contributed by atoms with E-state index < -0.39 is 11.7 Å². The monoisotopic (exact) mass is 176 g/mol. The van der Waals surface area contributed by atoms with Crippen LogP contribution in [0.2, 0.25) is 0 Å². The lowest BCUT2D eigenvalue weighted by Gasteiger charge is -2.04. The summed E-state index contributed by atoms with van der Waals surface area (Å²) in [5, 5.41) is 0. The maximum Gasteiger partial charge on any atom is 0.416 e. The third-order valence-corrected chi connectivity index (χ3v) is 0.845. The maximum absolute atomic E-state index is 11.7.